The summed E-state index contributed by atoms with van der Waals surface area (Å²) in [5.41, 5.74) is 0.404. The number of rotatable bonds is 1. The topological polar surface area (TPSA) is 44.4 Å². The van der Waals surface area contributed by atoms with Crippen LogP contribution in [0.1, 0.15) is 25.7 Å². The lowest BCUT2D eigenvalue weighted by Gasteiger charge is -2.22. The molecule has 3 aliphatic rings. The van der Waals surface area contributed by atoms with Gasteiger partial charge in [-0.3, -0.25) is 0 Å². The zero-order valence-corrected chi connectivity index (χ0v) is 10.3. The van der Waals surface area contributed by atoms with Crippen LogP contribution in [0.2, 0.25) is 0 Å². The van der Waals surface area contributed by atoms with Gasteiger partial charge in [0.05, 0.1) is 0 Å². The van der Waals surface area contributed by atoms with Crippen LogP contribution in [0.15, 0.2) is 0 Å². The standard InChI is InChI=1S/C11H19N3O.ClH/c15-10(13-9-1-2-9)14-6-4-11(8-14)3-5-12-7-11;/h9,12H,1-8H2,(H,13,15);1H. The van der Waals surface area contributed by atoms with Crippen LogP contribution in [0.5, 0.6) is 0 Å². The molecule has 0 aromatic carbocycles. The molecule has 1 spiro atoms. The molecule has 2 heterocycles. The fourth-order valence-electron chi connectivity index (χ4n) is 2.75. The van der Waals surface area contributed by atoms with Crippen molar-refractivity contribution in [1.29, 1.82) is 0 Å². The Morgan fingerprint density at radius 3 is 2.81 bits per heavy atom. The smallest absolute Gasteiger partial charge is 0.317 e. The Balaban J connectivity index is 0.000000963. The predicted octanol–water partition coefficient (Wildman–Crippen LogP) is 0.966. The molecule has 2 aliphatic heterocycles. The highest BCUT2D eigenvalue weighted by Crippen LogP contribution is 2.36. The molecule has 2 saturated heterocycles. The van der Waals surface area contributed by atoms with E-state index in [4.69, 9.17) is 0 Å². The van der Waals surface area contributed by atoms with Gasteiger partial charge < -0.3 is 15.5 Å². The van der Waals surface area contributed by atoms with Crippen LogP contribution in [0.25, 0.3) is 0 Å². The monoisotopic (exact) mass is 245 g/mol. The molecule has 1 unspecified atom stereocenters. The number of likely N-dealkylation sites (tertiary alicyclic amines) is 1. The number of nitrogens with one attached hydrogen (secondary N) is 2. The third-order valence-electron chi connectivity index (χ3n) is 3.96. The first-order valence-corrected chi connectivity index (χ1v) is 6.04. The maximum absolute atomic E-state index is 11.8. The van der Waals surface area contributed by atoms with Crippen LogP contribution in [0.3, 0.4) is 0 Å². The number of carbonyl (C=O) groups excluding carboxylic acids is 1. The largest absolute Gasteiger partial charge is 0.335 e. The van der Waals surface area contributed by atoms with Crippen LogP contribution >= 0.6 is 12.4 Å². The molecule has 3 fully saturated rings. The summed E-state index contributed by atoms with van der Waals surface area (Å²) < 4.78 is 0. The summed E-state index contributed by atoms with van der Waals surface area (Å²) in [6.07, 6.45) is 4.76. The minimum atomic E-state index is 0. The van der Waals surface area contributed by atoms with Crippen molar-refractivity contribution in [2.24, 2.45) is 5.41 Å². The summed E-state index contributed by atoms with van der Waals surface area (Å²) in [5, 5.41) is 6.48. The van der Waals surface area contributed by atoms with Gasteiger partial charge in [0.25, 0.3) is 0 Å². The second-order valence-electron chi connectivity index (χ2n) is 5.32. The van der Waals surface area contributed by atoms with E-state index < -0.39 is 0 Å². The minimum absolute atomic E-state index is 0. The SMILES string of the molecule is Cl.O=C(NC1CC1)N1CCC2(CCNC2)C1. The highest BCUT2D eigenvalue weighted by Gasteiger charge is 2.42. The number of urea groups is 1. The molecule has 2 N–H and O–H groups in total. The quantitative estimate of drug-likeness (QED) is 0.723. The highest BCUT2D eigenvalue weighted by atomic mass is 35.5. The zero-order valence-electron chi connectivity index (χ0n) is 9.50. The third kappa shape index (κ3) is 2.28. The Morgan fingerprint density at radius 2 is 2.19 bits per heavy atom. The van der Waals surface area contributed by atoms with E-state index in [1.165, 1.54) is 25.7 Å². The average molecular weight is 246 g/mol. The summed E-state index contributed by atoms with van der Waals surface area (Å²) in [4.78, 5) is 13.8. The molecule has 4 nitrogen and oxygen atoms in total. The molecule has 92 valence electrons. The van der Waals surface area contributed by atoms with E-state index >= 15 is 0 Å². The van der Waals surface area contributed by atoms with E-state index in [-0.39, 0.29) is 18.4 Å². The molecule has 5 heteroatoms. The van der Waals surface area contributed by atoms with E-state index in [0.717, 1.165) is 26.2 Å². The normalized spacial score (nSPS) is 32.9. The minimum Gasteiger partial charge on any atom is -0.335 e. The van der Waals surface area contributed by atoms with Crippen LogP contribution < -0.4 is 10.6 Å². The summed E-state index contributed by atoms with van der Waals surface area (Å²) >= 11 is 0. The van der Waals surface area contributed by atoms with Gasteiger partial charge in [0.1, 0.15) is 0 Å². The second-order valence-corrected chi connectivity index (χ2v) is 5.32. The molecular formula is C11H20ClN3O. The Hall–Kier alpha value is -0.480. The van der Waals surface area contributed by atoms with Crippen molar-refractivity contribution in [1.82, 2.24) is 15.5 Å². The third-order valence-corrected chi connectivity index (χ3v) is 3.96. The van der Waals surface area contributed by atoms with Crippen LogP contribution in [-0.2, 0) is 0 Å². The van der Waals surface area contributed by atoms with Gasteiger partial charge in [-0.2, -0.15) is 0 Å². The lowest BCUT2D eigenvalue weighted by molar-refractivity contribution is 0.201. The molecule has 0 bridgehead atoms. The van der Waals surface area contributed by atoms with Crippen molar-refractivity contribution in [3.8, 4) is 0 Å². The number of carbonyl (C=O) groups is 1. The van der Waals surface area contributed by atoms with Gasteiger partial charge in [0.2, 0.25) is 0 Å². The lowest BCUT2D eigenvalue weighted by atomic mass is 9.87. The zero-order chi connectivity index (χ0) is 10.3. The molecule has 3 rings (SSSR count). The van der Waals surface area contributed by atoms with E-state index in [1.807, 2.05) is 4.90 Å². The highest BCUT2D eigenvalue weighted by molar-refractivity contribution is 5.85. The lowest BCUT2D eigenvalue weighted by Crippen LogP contribution is -2.41. The van der Waals surface area contributed by atoms with Crippen molar-refractivity contribution < 1.29 is 4.79 Å². The van der Waals surface area contributed by atoms with Crippen molar-refractivity contribution in [3.63, 3.8) is 0 Å². The predicted molar refractivity (Wildman–Crippen MR) is 64.9 cm³/mol. The number of hydrogen-bond acceptors (Lipinski definition) is 2. The molecule has 2 amide bonds. The number of halogens is 1. The Morgan fingerprint density at radius 1 is 1.38 bits per heavy atom. The Bertz CT molecular complexity index is 274. The van der Waals surface area contributed by atoms with Crippen molar-refractivity contribution in [2.45, 2.75) is 31.7 Å². The first kappa shape index (κ1) is 12.0. The number of amides is 2. The summed E-state index contributed by atoms with van der Waals surface area (Å²) in [5.74, 6) is 0. The molecule has 1 saturated carbocycles. The van der Waals surface area contributed by atoms with Gasteiger partial charge >= 0.3 is 6.03 Å². The van der Waals surface area contributed by atoms with E-state index in [9.17, 15) is 4.79 Å². The summed E-state index contributed by atoms with van der Waals surface area (Å²) in [6, 6.07) is 0.650. The molecule has 1 atom stereocenters. The van der Waals surface area contributed by atoms with Crippen molar-refractivity contribution >= 4 is 18.4 Å². The van der Waals surface area contributed by atoms with Gasteiger partial charge in [-0.25, -0.2) is 4.79 Å². The molecule has 0 aromatic heterocycles. The fourth-order valence-corrected chi connectivity index (χ4v) is 2.75. The molecule has 0 radical (unpaired) electrons. The first-order valence-electron chi connectivity index (χ1n) is 6.04. The van der Waals surface area contributed by atoms with Crippen molar-refractivity contribution in [3.05, 3.63) is 0 Å². The summed E-state index contributed by atoms with van der Waals surface area (Å²) in [7, 11) is 0. The van der Waals surface area contributed by atoms with Crippen molar-refractivity contribution in [2.75, 3.05) is 26.2 Å². The van der Waals surface area contributed by atoms with Gasteiger partial charge in [-0.15, -0.1) is 12.4 Å². The van der Waals surface area contributed by atoms with E-state index in [1.54, 1.807) is 0 Å². The Kier molecular flexibility index (Phi) is 3.31. The van der Waals surface area contributed by atoms with Crippen LogP contribution in [0.4, 0.5) is 4.79 Å². The first-order chi connectivity index (χ1) is 7.27. The van der Waals surface area contributed by atoms with Gasteiger partial charge in [-0.05, 0) is 32.2 Å². The van der Waals surface area contributed by atoms with Gasteiger partial charge in [0.15, 0.2) is 0 Å². The maximum atomic E-state index is 11.8. The maximum Gasteiger partial charge on any atom is 0.317 e. The molecule has 0 aromatic rings. The molecule has 1 aliphatic carbocycles. The second kappa shape index (κ2) is 4.41. The van der Waals surface area contributed by atoms with E-state index in [0.29, 0.717) is 11.5 Å². The van der Waals surface area contributed by atoms with Crippen LogP contribution in [-0.4, -0.2) is 43.2 Å². The molecule has 16 heavy (non-hydrogen) atoms. The fraction of sp³-hybridized carbons (Fsp3) is 0.909. The van der Waals surface area contributed by atoms with E-state index in [2.05, 4.69) is 10.6 Å². The van der Waals surface area contributed by atoms with Gasteiger partial charge in [0, 0.05) is 31.1 Å². The summed E-state index contributed by atoms with van der Waals surface area (Å²) in [6.45, 7) is 4.12. The molecular weight excluding hydrogens is 226 g/mol. The number of nitrogens with zero attached hydrogens (tertiary/aromatic N) is 1. The Labute approximate surface area is 103 Å². The average Bonchev–Trinajstić information content (AvgIpc) is 2.81. The number of hydrogen-bond donors (Lipinski definition) is 2. The van der Waals surface area contributed by atoms with Gasteiger partial charge in [-0.1, -0.05) is 0 Å². The van der Waals surface area contributed by atoms with Crippen LogP contribution in [0, 0.1) is 5.41 Å².